The van der Waals surface area contributed by atoms with Gasteiger partial charge in [-0.3, -0.25) is 9.59 Å². The summed E-state index contributed by atoms with van der Waals surface area (Å²) in [6.07, 6.45) is 1.81. The van der Waals surface area contributed by atoms with Crippen molar-refractivity contribution in [2.24, 2.45) is 0 Å². The lowest BCUT2D eigenvalue weighted by Crippen LogP contribution is -2.23. The molecule has 0 aliphatic heterocycles. The van der Waals surface area contributed by atoms with Gasteiger partial charge in [-0.15, -0.1) is 0 Å². The minimum Gasteiger partial charge on any atom is -0.496 e. The number of methoxy groups -OCH3 is 1. The van der Waals surface area contributed by atoms with Gasteiger partial charge in [-0.2, -0.15) is 0 Å². The Morgan fingerprint density at radius 2 is 1.65 bits per heavy atom. The van der Waals surface area contributed by atoms with E-state index in [0.29, 0.717) is 29.1 Å². The molecule has 0 aromatic heterocycles. The van der Waals surface area contributed by atoms with Gasteiger partial charge >= 0.3 is 0 Å². The van der Waals surface area contributed by atoms with Gasteiger partial charge in [0.1, 0.15) is 5.75 Å². The van der Waals surface area contributed by atoms with Crippen LogP contribution in [0.4, 0.5) is 5.69 Å². The van der Waals surface area contributed by atoms with Crippen molar-refractivity contribution < 1.29 is 14.3 Å². The van der Waals surface area contributed by atoms with Gasteiger partial charge in [0.15, 0.2) is 0 Å². The summed E-state index contributed by atoms with van der Waals surface area (Å²) >= 11 is 0. The molecule has 0 atom stereocenters. The van der Waals surface area contributed by atoms with Crippen LogP contribution in [0.25, 0.3) is 11.6 Å². The summed E-state index contributed by atoms with van der Waals surface area (Å²) in [5, 5.41) is 5.75. The van der Waals surface area contributed by atoms with Gasteiger partial charge in [-0.1, -0.05) is 54.6 Å². The standard InChI is InChI=1S/C26H26N2O3/c1-4-27-25(29)21-15-14-18(2)23(17-21)28-26(30)22(19-10-6-5-7-11-19)16-20-12-8-9-13-24(20)31-3/h5-17H,4H2,1-3H3,(H,27,29)(H,28,30)/b22-16+. The van der Waals surface area contributed by atoms with E-state index in [4.69, 9.17) is 4.74 Å². The number of carbonyl (C=O) groups excluding carboxylic acids is 2. The molecule has 2 amide bonds. The number of carbonyl (C=O) groups is 2. The highest BCUT2D eigenvalue weighted by Gasteiger charge is 2.16. The molecule has 158 valence electrons. The Kier molecular flexibility index (Phi) is 7.22. The third kappa shape index (κ3) is 5.39. The van der Waals surface area contributed by atoms with E-state index >= 15 is 0 Å². The van der Waals surface area contributed by atoms with Crippen LogP contribution in [-0.4, -0.2) is 25.5 Å². The highest BCUT2D eigenvalue weighted by Crippen LogP contribution is 2.26. The normalized spacial score (nSPS) is 11.0. The van der Waals surface area contributed by atoms with Gasteiger partial charge < -0.3 is 15.4 Å². The van der Waals surface area contributed by atoms with E-state index in [2.05, 4.69) is 10.6 Å². The molecule has 5 nitrogen and oxygen atoms in total. The molecule has 0 bridgehead atoms. The molecule has 3 aromatic rings. The molecule has 0 saturated carbocycles. The number of rotatable bonds is 7. The highest BCUT2D eigenvalue weighted by molar-refractivity contribution is 6.29. The van der Waals surface area contributed by atoms with Crippen molar-refractivity contribution in [3.8, 4) is 5.75 Å². The number of aryl methyl sites for hydroxylation is 1. The largest absolute Gasteiger partial charge is 0.496 e. The molecule has 3 rings (SSSR count). The lowest BCUT2D eigenvalue weighted by molar-refractivity contribution is -0.111. The Hall–Kier alpha value is -3.86. The first-order valence-electron chi connectivity index (χ1n) is 10.1. The summed E-state index contributed by atoms with van der Waals surface area (Å²) in [6.45, 7) is 4.29. The van der Waals surface area contributed by atoms with Crippen LogP contribution < -0.4 is 15.4 Å². The molecule has 3 aromatic carbocycles. The third-order valence-corrected chi connectivity index (χ3v) is 4.85. The second kappa shape index (κ2) is 10.3. The van der Waals surface area contributed by atoms with Crippen LogP contribution in [0.5, 0.6) is 5.75 Å². The number of para-hydroxylation sites is 1. The molecular weight excluding hydrogens is 388 g/mol. The van der Waals surface area contributed by atoms with Gasteiger partial charge in [-0.25, -0.2) is 0 Å². The maximum absolute atomic E-state index is 13.4. The number of hydrogen-bond donors (Lipinski definition) is 2. The molecule has 0 radical (unpaired) electrons. The predicted octanol–water partition coefficient (Wildman–Crippen LogP) is 4.93. The summed E-state index contributed by atoms with van der Waals surface area (Å²) in [6, 6.07) is 22.3. The number of ether oxygens (including phenoxy) is 1. The van der Waals surface area contributed by atoms with Gasteiger partial charge in [0.05, 0.1) is 7.11 Å². The van der Waals surface area contributed by atoms with Crippen LogP contribution in [0.15, 0.2) is 72.8 Å². The molecule has 0 saturated heterocycles. The van der Waals surface area contributed by atoms with Crippen molar-refractivity contribution in [2.45, 2.75) is 13.8 Å². The molecule has 0 heterocycles. The van der Waals surface area contributed by atoms with Gasteiger partial charge in [0.2, 0.25) is 0 Å². The number of hydrogen-bond acceptors (Lipinski definition) is 3. The summed E-state index contributed by atoms with van der Waals surface area (Å²) in [5.41, 5.74) is 4.03. The fourth-order valence-corrected chi connectivity index (χ4v) is 3.19. The zero-order valence-electron chi connectivity index (χ0n) is 17.9. The van der Waals surface area contributed by atoms with Gasteiger partial charge in [0.25, 0.3) is 11.8 Å². The third-order valence-electron chi connectivity index (χ3n) is 4.85. The fourth-order valence-electron chi connectivity index (χ4n) is 3.19. The molecule has 31 heavy (non-hydrogen) atoms. The van der Waals surface area contributed by atoms with Crippen LogP contribution >= 0.6 is 0 Å². The molecule has 0 fully saturated rings. The summed E-state index contributed by atoms with van der Waals surface area (Å²) < 4.78 is 5.44. The molecular formula is C26H26N2O3. The average Bonchev–Trinajstić information content (AvgIpc) is 2.79. The first kappa shape index (κ1) is 21.8. The fraction of sp³-hybridized carbons (Fsp3) is 0.154. The number of benzene rings is 3. The topological polar surface area (TPSA) is 67.4 Å². The van der Waals surface area contributed by atoms with E-state index in [0.717, 1.165) is 16.7 Å². The lowest BCUT2D eigenvalue weighted by Gasteiger charge is -2.14. The number of nitrogens with one attached hydrogen (secondary N) is 2. The maximum atomic E-state index is 13.4. The highest BCUT2D eigenvalue weighted by atomic mass is 16.5. The summed E-state index contributed by atoms with van der Waals surface area (Å²) in [4.78, 5) is 25.6. The molecule has 2 N–H and O–H groups in total. The first-order chi connectivity index (χ1) is 15.0. The Bertz CT molecular complexity index is 1100. The predicted molar refractivity (Wildman–Crippen MR) is 125 cm³/mol. The maximum Gasteiger partial charge on any atom is 0.256 e. The summed E-state index contributed by atoms with van der Waals surface area (Å²) in [7, 11) is 1.60. The van der Waals surface area contributed by atoms with Crippen LogP contribution in [0.2, 0.25) is 0 Å². The molecule has 0 spiro atoms. The molecule has 0 aliphatic carbocycles. The monoisotopic (exact) mass is 414 g/mol. The minimum atomic E-state index is -0.270. The van der Waals surface area contributed by atoms with E-state index in [-0.39, 0.29) is 11.8 Å². The Balaban J connectivity index is 2.00. The average molecular weight is 415 g/mol. The summed E-state index contributed by atoms with van der Waals surface area (Å²) in [5.74, 6) is 0.234. The van der Waals surface area contributed by atoms with Crippen molar-refractivity contribution >= 4 is 29.2 Å². The number of amides is 2. The van der Waals surface area contributed by atoms with E-state index in [9.17, 15) is 9.59 Å². The first-order valence-corrected chi connectivity index (χ1v) is 10.1. The zero-order chi connectivity index (χ0) is 22.2. The van der Waals surface area contributed by atoms with E-state index in [1.807, 2.05) is 80.6 Å². The Morgan fingerprint density at radius 3 is 2.35 bits per heavy atom. The van der Waals surface area contributed by atoms with E-state index < -0.39 is 0 Å². The Labute approximate surface area is 182 Å². The van der Waals surface area contributed by atoms with Crippen LogP contribution in [-0.2, 0) is 4.79 Å². The van der Waals surface area contributed by atoms with Crippen LogP contribution in [0.1, 0.15) is 34.0 Å². The van der Waals surface area contributed by atoms with Gasteiger partial charge in [-0.05, 0) is 49.2 Å². The van der Waals surface area contributed by atoms with Crippen LogP contribution in [0, 0.1) is 6.92 Å². The van der Waals surface area contributed by atoms with E-state index in [1.165, 1.54) is 0 Å². The van der Waals surface area contributed by atoms with Crippen molar-refractivity contribution in [3.63, 3.8) is 0 Å². The second-order valence-corrected chi connectivity index (χ2v) is 7.01. The van der Waals surface area contributed by atoms with Crippen LogP contribution in [0.3, 0.4) is 0 Å². The minimum absolute atomic E-state index is 0.175. The van der Waals surface area contributed by atoms with Crippen molar-refractivity contribution in [2.75, 3.05) is 19.0 Å². The lowest BCUT2D eigenvalue weighted by atomic mass is 10.0. The SMILES string of the molecule is CCNC(=O)c1ccc(C)c(NC(=O)/C(=C/c2ccccc2OC)c2ccccc2)c1. The van der Waals surface area contributed by atoms with E-state index in [1.54, 1.807) is 19.2 Å². The molecule has 0 unspecified atom stereocenters. The van der Waals surface area contributed by atoms with Crippen molar-refractivity contribution in [1.82, 2.24) is 5.32 Å². The zero-order valence-corrected chi connectivity index (χ0v) is 17.9. The molecule has 0 aliphatic rings. The van der Waals surface area contributed by atoms with Gasteiger partial charge in [0, 0.05) is 28.9 Å². The van der Waals surface area contributed by atoms with Crippen molar-refractivity contribution in [1.29, 1.82) is 0 Å². The number of anilines is 1. The second-order valence-electron chi connectivity index (χ2n) is 7.01. The Morgan fingerprint density at radius 1 is 0.935 bits per heavy atom. The van der Waals surface area contributed by atoms with Crippen molar-refractivity contribution in [3.05, 3.63) is 95.1 Å². The molecule has 5 heteroatoms. The smallest absolute Gasteiger partial charge is 0.256 e. The quantitative estimate of drug-likeness (QED) is 0.425.